The third-order valence-electron chi connectivity index (χ3n) is 2.71. The molecule has 1 amide bonds. The molecule has 2 rings (SSSR count). The van der Waals surface area contributed by atoms with Gasteiger partial charge in [-0.2, -0.15) is 5.10 Å². The van der Waals surface area contributed by atoms with E-state index in [1.165, 1.54) is 0 Å². The Kier molecular flexibility index (Phi) is 3.77. The zero-order chi connectivity index (χ0) is 13.0. The van der Waals surface area contributed by atoms with Crippen LogP contribution in [0.25, 0.3) is 0 Å². The molecule has 0 saturated carbocycles. The van der Waals surface area contributed by atoms with Crippen LogP contribution in [0.1, 0.15) is 35.0 Å². The third-order valence-corrected chi connectivity index (χ3v) is 2.71. The van der Waals surface area contributed by atoms with Crippen LogP contribution in [0.15, 0.2) is 30.3 Å². The highest BCUT2D eigenvalue weighted by Gasteiger charge is 2.07. The van der Waals surface area contributed by atoms with Crippen molar-refractivity contribution in [2.45, 2.75) is 26.7 Å². The highest BCUT2D eigenvalue weighted by molar-refractivity contribution is 6.03. The van der Waals surface area contributed by atoms with Crippen molar-refractivity contribution in [3.8, 4) is 0 Å². The lowest BCUT2D eigenvalue weighted by atomic mass is 10.1. The van der Waals surface area contributed by atoms with E-state index in [1.807, 2.05) is 37.3 Å². The topological polar surface area (TPSA) is 57.8 Å². The Bertz CT molecular complexity index is 528. The number of hydrogen-bond acceptors (Lipinski definition) is 2. The van der Waals surface area contributed by atoms with Gasteiger partial charge in [-0.1, -0.05) is 31.0 Å². The number of carbonyl (C=O) groups is 1. The van der Waals surface area contributed by atoms with E-state index in [0.717, 1.165) is 24.1 Å². The second kappa shape index (κ2) is 5.49. The minimum atomic E-state index is -0.135. The van der Waals surface area contributed by atoms with Gasteiger partial charge < -0.3 is 5.32 Å². The van der Waals surface area contributed by atoms with E-state index in [2.05, 4.69) is 22.4 Å². The molecule has 0 aliphatic heterocycles. The standard InChI is InChI=1S/C14H17N3O/c1-3-4-12-9-13(17-16-12)15-14(18)11-7-5-10(2)6-8-11/h5-9H,3-4H2,1-2H3,(H2,15,16,17,18). The summed E-state index contributed by atoms with van der Waals surface area (Å²) in [6.07, 6.45) is 1.99. The SMILES string of the molecule is CCCc1cc(NC(=O)c2ccc(C)cc2)n[nH]1. The summed E-state index contributed by atoms with van der Waals surface area (Å²) in [7, 11) is 0. The van der Waals surface area contributed by atoms with Crippen molar-refractivity contribution in [1.82, 2.24) is 10.2 Å². The molecule has 1 aromatic carbocycles. The second-order valence-corrected chi connectivity index (χ2v) is 4.35. The lowest BCUT2D eigenvalue weighted by molar-refractivity contribution is 0.102. The van der Waals surface area contributed by atoms with Gasteiger partial charge in [-0.05, 0) is 25.5 Å². The summed E-state index contributed by atoms with van der Waals surface area (Å²) in [5, 5.41) is 9.74. The first-order valence-corrected chi connectivity index (χ1v) is 6.11. The number of anilines is 1. The van der Waals surface area contributed by atoms with Crippen LogP contribution in [0.4, 0.5) is 5.82 Å². The number of nitrogens with one attached hydrogen (secondary N) is 2. The summed E-state index contributed by atoms with van der Waals surface area (Å²) in [5.41, 5.74) is 2.81. The monoisotopic (exact) mass is 243 g/mol. The molecular weight excluding hydrogens is 226 g/mol. The van der Waals surface area contributed by atoms with Crippen molar-refractivity contribution in [3.05, 3.63) is 47.2 Å². The number of aryl methyl sites for hydroxylation is 2. The molecule has 2 aromatic rings. The van der Waals surface area contributed by atoms with E-state index in [4.69, 9.17) is 0 Å². The lowest BCUT2D eigenvalue weighted by Crippen LogP contribution is -2.11. The first-order valence-electron chi connectivity index (χ1n) is 6.11. The summed E-state index contributed by atoms with van der Waals surface area (Å²) < 4.78 is 0. The van der Waals surface area contributed by atoms with Gasteiger partial charge in [0.15, 0.2) is 5.82 Å². The van der Waals surface area contributed by atoms with Crippen LogP contribution in [0.3, 0.4) is 0 Å². The van der Waals surface area contributed by atoms with Gasteiger partial charge in [0.1, 0.15) is 0 Å². The fourth-order valence-electron chi connectivity index (χ4n) is 1.72. The Morgan fingerprint density at radius 3 is 2.72 bits per heavy atom. The molecule has 0 aliphatic carbocycles. The van der Waals surface area contributed by atoms with E-state index in [0.29, 0.717) is 11.4 Å². The van der Waals surface area contributed by atoms with Gasteiger partial charge in [0.05, 0.1) is 0 Å². The number of carbonyl (C=O) groups excluding carboxylic acids is 1. The van der Waals surface area contributed by atoms with Crippen molar-refractivity contribution in [2.75, 3.05) is 5.32 Å². The number of nitrogens with zero attached hydrogens (tertiary/aromatic N) is 1. The minimum Gasteiger partial charge on any atom is -0.305 e. The normalized spacial score (nSPS) is 10.3. The zero-order valence-electron chi connectivity index (χ0n) is 10.7. The lowest BCUT2D eigenvalue weighted by Gasteiger charge is -2.01. The molecule has 18 heavy (non-hydrogen) atoms. The van der Waals surface area contributed by atoms with Gasteiger partial charge >= 0.3 is 0 Å². The number of H-pyrrole nitrogens is 1. The van der Waals surface area contributed by atoms with Crippen molar-refractivity contribution < 1.29 is 4.79 Å². The Hall–Kier alpha value is -2.10. The summed E-state index contributed by atoms with van der Waals surface area (Å²) in [5.74, 6) is 0.438. The fourth-order valence-corrected chi connectivity index (χ4v) is 1.72. The number of amides is 1. The summed E-state index contributed by atoms with van der Waals surface area (Å²) in [6.45, 7) is 4.10. The molecule has 0 atom stereocenters. The molecule has 0 saturated heterocycles. The fraction of sp³-hybridized carbons (Fsp3) is 0.286. The Labute approximate surface area is 106 Å². The highest BCUT2D eigenvalue weighted by atomic mass is 16.1. The molecule has 4 heteroatoms. The van der Waals surface area contributed by atoms with Crippen molar-refractivity contribution in [3.63, 3.8) is 0 Å². The molecule has 0 fully saturated rings. The Morgan fingerprint density at radius 2 is 2.06 bits per heavy atom. The van der Waals surface area contributed by atoms with Crippen LogP contribution in [0.5, 0.6) is 0 Å². The van der Waals surface area contributed by atoms with Crippen LogP contribution in [0, 0.1) is 6.92 Å². The first kappa shape index (κ1) is 12.4. The maximum atomic E-state index is 11.9. The maximum Gasteiger partial charge on any atom is 0.256 e. The molecule has 0 aliphatic rings. The van der Waals surface area contributed by atoms with Crippen molar-refractivity contribution in [1.29, 1.82) is 0 Å². The number of benzene rings is 1. The molecule has 0 radical (unpaired) electrons. The predicted octanol–water partition coefficient (Wildman–Crippen LogP) is 2.92. The molecule has 1 aromatic heterocycles. The second-order valence-electron chi connectivity index (χ2n) is 4.35. The molecular formula is C14H17N3O. The van der Waals surface area contributed by atoms with Gasteiger partial charge in [0.2, 0.25) is 0 Å². The quantitative estimate of drug-likeness (QED) is 0.867. The van der Waals surface area contributed by atoms with Crippen molar-refractivity contribution in [2.24, 2.45) is 0 Å². The molecule has 2 N–H and O–H groups in total. The van der Waals surface area contributed by atoms with Crippen LogP contribution in [-0.4, -0.2) is 16.1 Å². The van der Waals surface area contributed by atoms with E-state index < -0.39 is 0 Å². The predicted molar refractivity (Wildman–Crippen MR) is 71.7 cm³/mol. The molecule has 0 spiro atoms. The van der Waals surface area contributed by atoms with Gasteiger partial charge in [-0.15, -0.1) is 0 Å². The highest BCUT2D eigenvalue weighted by Crippen LogP contribution is 2.10. The van der Waals surface area contributed by atoms with Crippen LogP contribution in [0.2, 0.25) is 0 Å². The van der Waals surface area contributed by atoms with E-state index in [9.17, 15) is 4.79 Å². The third kappa shape index (κ3) is 2.97. The first-order chi connectivity index (χ1) is 8.69. The molecule has 1 heterocycles. The molecule has 0 unspecified atom stereocenters. The Morgan fingerprint density at radius 1 is 1.33 bits per heavy atom. The van der Waals surface area contributed by atoms with Crippen molar-refractivity contribution >= 4 is 11.7 Å². The van der Waals surface area contributed by atoms with Gasteiger partial charge in [0, 0.05) is 17.3 Å². The van der Waals surface area contributed by atoms with Gasteiger partial charge in [-0.25, -0.2) is 0 Å². The average molecular weight is 243 g/mol. The molecule has 94 valence electrons. The van der Waals surface area contributed by atoms with Gasteiger partial charge in [0.25, 0.3) is 5.91 Å². The van der Waals surface area contributed by atoms with Crippen LogP contribution >= 0.6 is 0 Å². The minimum absolute atomic E-state index is 0.135. The largest absolute Gasteiger partial charge is 0.305 e. The van der Waals surface area contributed by atoms with E-state index in [1.54, 1.807) is 0 Å². The molecule has 0 bridgehead atoms. The Balaban J connectivity index is 2.04. The summed E-state index contributed by atoms with van der Waals surface area (Å²) >= 11 is 0. The molecule has 4 nitrogen and oxygen atoms in total. The smallest absolute Gasteiger partial charge is 0.256 e. The zero-order valence-corrected chi connectivity index (χ0v) is 10.7. The van der Waals surface area contributed by atoms with E-state index in [-0.39, 0.29) is 5.91 Å². The number of aromatic nitrogens is 2. The average Bonchev–Trinajstić information content (AvgIpc) is 2.78. The number of hydrogen-bond donors (Lipinski definition) is 2. The summed E-state index contributed by atoms with van der Waals surface area (Å²) in [4.78, 5) is 11.9. The van der Waals surface area contributed by atoms with E-state index >= 15 is 0 Å². The van der Waals surface area contributed by atoms with Crippen LogP contribution in [-0.2, 0) is 6.42 Å². The van der Waals surface area contributed by atoms with Gasteiger partial charge in [-0.3, -0.25) is 9.89 Å². The summed E-state index contributed by atoms with van der Waals surface area (Å²) in [6, 6.07) is 9.33. The maximum absolute atomic E-state index is 11.9. The number of aromatic amines is 1. The van der Waals surface area contributed by atoms with Crippen LogP contribution < -0.4 is 5.32 Å². The number of rotatable bonds is 4.